The van der Waals surface area contributed by atoms with Crippen molar-refractivity contribution in [2.24, 2.45) is 5.10 Å². The fourth-order valence-corrected chi connectivity index (χ4v) is 3.44. The summed E-state index contributed by atoms with van der Waals surface area (Å²) in [5.41, 5.74) is 7.14. The third-order valence-electron chi connectivity index (χ3n) is 4.85. The van der Waals surface area contributed by atoms with Crippen LogP contribution in [0.1, 0.15) is 34.7 Å². The van der Waals surface area contributed by atoms with Gasteiger partial charge in [0.2, 0.25) is 0 Å². The van der Waals surface area contributed by atoms with Crippen LogP contribution in [-0.2, 0) is 0 Å². The zero-order valence-electron chi connectivity index (χ0n) is 15.0. The lowest BCUT2D eigenvalue weighted by molar-refractivity contribution is 0.709. The minimum atomic E-state index is 0.172. The van der Waals surface area contributed by atoms with Gasteiger partial charge in [0.25, 0.3) is 0 Å². The Labute approximate surface area is 159 Å². The van der Waals surface area contributed by atoms with E-state index >= 15 is 0 Å². The molecule has 1 aliphatic rings. The number of benzene rings is 3. The largest absolute Gasteiger partial charge is 0.257 e. The quantitative estimate of drug-likeness (QED) is 0.534. The summed E-state index contributed by atoms with van der Waals surface area (Å²) in [4.78, 5) is 0. The van der Waals surface area contributed by atoms with Gasteiger partial charge in [-0.15, -0.1) is 0 Å². The number of hydrazone groups is 1. The fourth-order valence-electron chi connectivity index (χ4n) is 3.31. The van der Waals surface area contributed by atoms with Gasteiger partial charge in [-0.2, -0.15) is 5.10 Å². The van der Waals surface area contributed by atoms with Crippen LogP contribution in [0.2, 0.25) is 5.02 Å². The molecule has 2 nitrogen and oxygen atoms in total. The van der Waals surface area contributed by atoms with Crippen LogP contribution in [0.5, 0.6) is 0 Å². The second-order valence-corrected chi connectivity index (χ2v) is 7.30. The van der Waals surface area contributed by atoms with Crippen molar-refractivity contribution >= 4 is 23.0 Å². The monoisotopic (exact) mass is 360 g/mol. The van der Waals surface area contributed by atoms with Gasteiger partial charge in [-0.3, -0.25) is 5.01 Å². The van der Waals surface area contributed by atoms with E-state index in [4.69, 9.17) is 16.7 Å². The molecule has 1 aliphatic heterocycles. The predicted molar refractivity (Wildman–Crippen MR) is 110 cm³/mol. The second kappa shape index (κ2) is 6.97. The van der Waals surface area contributed by atoms with Gasteiger partial charge < -0.3 is 0 Å². The molecule has 1 heterocycles. The molecule has 0 spiro atoms. The van der Waals surface area contributed by atoms with Crippen molar-refractivity contribution in [2.45, 2.75) is 26.3 Å². The summed E-state index contributed by atoms with van der Waals surface area (Å²) in [6, 6.07) is 25.4. The average Bonchev–Trinajstić information content (AvgIpc) is 3.09. The first-order chi connectivity index (χ1) is 12.6. The fraction of sp³-hybridized carbons (Fsp3) is 0.174. The Bertz CT molecular complexity index is 925. The van der Waals surface area contributed by atoms with E-state index in [-0.39, 0.29) is 6.04 Å². The van der Waals surface area contributed by atoms with E-state index in [1.54, 1.807) is 0 Å². The van der Waals surface area contributed by atoms with Crippen LogP contribution >= 0.6 is 11.6 Å². The third kappa shape index (κ3) is 3.38. The van der Waals surface area contributed by atoms with E-state index in [1.807, 2.05) is 12.1 Å². The van der Waals surface area contributed by atoms with Gasteiger partial charge >= 0.3 is 0 Å². The molecular weight excluding hydrogens is 340 g/mol. The number of anilines is 1. The molecule has 0 radical (unpaired) electrons. The minimum Gasteiger partial charge on any atom is -0.257 e. The highest BCUT2D eigenvalue weighted by Crippen LogP contribution is 2.37. The Morgan fingerprint density at radius 3 is 2.00 bits per heavy atom. The first kappa shape index (κ1) is 16.9. The van der Waals surface area contributed by atoms with Gasteiger partial charge in [0.15, 0.2) is 0 Å². The third-order valence-corrected chi connectivity index (χ3v) is 5.10. The van der Waals surface area contributed by atoms with E-state index < -0.39 is 0 Å². The van der Waals surface area contributed by atoms with Gasteiger partial charge in [0.1, 0.15) is 0 Å². The van der Waals surface area contributed by atoms with E-state index in [1.165, 1.54) is 22.3 Å². The molecular formula is C23H21ClN2. The minimum absolute atomic E-state index is 0.172. The molecule has 3 aromatic carbocycles. The van der Waals surface area contributed by atoms with Gasteiger partial charge in [-0.05, 0) is 49.2 Å². The van der Waals surface area contributed by atoms with Crippen molar-refractivity contribution < 1.29 is 0 Å². The molecule has 4 rings (SSSR count). The number of rotatable bonds is 3. The Morgan fingerprint density at radius 2 is 1.38 bits per heavy atom. The molecule has 0 saturated carbocycles. The molecule has 0 amide bonds. The van der Waals surface area contributed by atoms with E-state index in [0.29, 0.717) is 0 Å². The first-order valence-electron chi connectivity index (χ1n) is 8.86. The maximum absolute atomic E-state index is 6.09. The second-order valence-electron chi connectivity index (χ2n) is 6.86. The highest BCUT2D eigenvalue weighted by Gasteiger charge is 2.29. The lowest BCUT2D eigenvalue weighted by Gasteiger charge is -2.24. The summed E-state index contributed by atoms with van der Waals surface area (Å²) in [6.45, 7) is 4.21. The first-order valence-corrected chi connectivity index (χ1v) is 9.24. The van der Waals surface area contributed by atoms with Crippen molar-refractivity contribution in [3.8, 4) is 0 Å². The molecule has 26 heavy (non-hydrogen) atoms. The Hall–Kier alpha value is -2.58. The molecule has 0 aliphatic carbocycles. The van der Waals surface area contributed by atoms with Gasteiger partial charge in [0.05, 0.1) is 17.4 Å². The highest BCUT2D eigenvalue weighted by molar-refractivity contribution is 6.30. The van der Waals surface area contributed by atoms with Gasteiger partial charge in [-0.1, -0.05) is 71.3 Å². The van der Waals surface area contributed by atoms with Crippen molar-refractivity contribution in [1.82, 2.24) is 0 Å². The summed E-state index contributed by atoms with van der Waals surface area (Å²) < 4.78 is 0. The Morgan fingerprint density at radius 1 is 0.808 bits per heavy atom. The van der Waals surface area contributed by atoms with Crippen LogP contribution in [0, 0.1) is 13.8 Å². The molecule has 1 atom stereocenters. The molecule has 3 heteroatoms. The van der Waals surface area contributed by atoms with Crippen molar-refractivity contribution in [2.75, 3.05) is 5.01 Å². The zero-order chi connectivity index (χ0) is 18.1. The summed E-state index contributed by atoms with van der Waals surface area (Å²) in [6.07, 6.45) is 0.874. The summed E-state index contributed by atoms with van der Waals surface area (Å²) in [5, 5.41) is 7.88. The van der Waals surface area contributed by atoms with Crippen molar-refractivity contribution in [3.05, 3.63) is 100 Å². The summed E-state index contributed by atoms with van der Waals surface area (Å²) >= 11 is 6.09. The Kier molecular flexibility index (Phi) is 4.52. The smallest absolute Gasteiger partial charge is 0.0831 e. The van der Waals surface area contributed by atoms with E-state index in [2.05, 4.69) is 79.5 Å². The van der Waals surface area contributed by atoms with Crippen molar-refractivity contribution in [1.29, 1.82) is 0 Å². The molecule has 0 bridgehead atoms. The topological polar surface area (TPSA) is 15.6 Å². The summed E-state index contributed by atoms with van der Waals surface area (Å²) in [5.74, 6) is 0. The normalized spacial score (nSPS) is 16.7. The van der Waals surface area contributed by atoms with Gasteiger partial charge in [0, 0.05) is 11.4 Å². The lowest BCUT2D eigenvalue weighted by Crippen LogP contribution is -2.18. The number of halogens is 1. The molecule has 3 aromatic rings. The number of nitrogens with zero attached hydrogens (tertiary/aromatic N) is 2. The maximum Gasteiger partial charge on any atom is 0.0831 e. The number of hydrogen-bond acceptors (Lipinski definition) is 2. The van der Waals surface area contributed by atoms with Crippen LogP contribution in [-0.4, -0.2) is 5.71 Å². The van der Waals surface area contributed by atoms with Crippen LogP contribution in [0.15, 0.2) is 77.9 Å². The maximum atomic E-state index is 6.09. The number of aryl methyl sites for hydroxylation is 2. The Balaban J connectivity index is 1.74. The SMILES string of the molecule is Cc1ccc(C2=NN(c3ccc(C)cc3)C(c3ccc(Cl)cc3)C2)cc1. The average molecular weight is 361 g/mol. The van der Waals surface area contributed by atoms with E-state index in [9.17, 15) is 0 Å². The predicted octanol–water partition coefficient (Wildman–Crippen LogP) is 6.31. The van der Waals surface area contributed by atoms with Crippen LogP contribution < -0.4 is 5.01 Å². The molecule has 1 unspecified atom stereocenters. The van der Waals surface area contributed by atoms with Crippen molar-refractivity contribution in [3.63, 3.8) is 0 Å². The molecule has 0 saturated heterocycles. The molecule has 0 N–H and O–H groups in total. The lowest BCUT2D eigenvalue weighted by atomic mass is 9.98. The standard InChI is InChI=1S/C23H21ClN2/c1-16-3-7-18(8-4-16)22-15-23(19-9-11-20(24)12-10-19)26(25-22)21-13-5-17(2)6-14-21/h3-14,23H,15H2,1-2H3. The van der Waals surface area contributed by atoms with Gasteiger partial charge in [-0.25, -0.2) is 0 Å². The highest BCUT2D eigenvalue weighted by atomic mass is 35.5. The molecule has 130 valence electrons. The number of hydrogen-bond donors (Lipinski definition) is 0. The van der Waals surface area contributed by atoms with E-state index in [0.717, 1.165) is 22.8 Å². The zero-order valence-corrected chi connectivity index (χ0v) is 15.7. The summed E-state index contributed by atoms with van der Waals surface area (Å²) in [7, 11) is 0. The molecule has 0 fully saturated rings. The van der Waals surface area contributed by atoms with Crippen LogP contribution in [0.4, 0.5) is 5.69 Å². The van der Waals surface area contributed by atoms with Crippen LogP contribution in [0.3, 0.4) is 0 Å². The molecule has 0 aromatic heterocycles. The van der Waals surface area contributed by atoms with Crippen LogP contribution in [0.25, 0.3) is 0 Å².